The van der Waals surface area contributed by atoms with Gasteiger partial charge in [0.15, 0.2) is 0 Å². The highest BCUT2D eigenvalue weighted by Crippen LogP contribution is 2.15. The predicted molar refractivity (Wildman–Crippen MR) is 102 cm³/mol. The first-order valence-electron chi connectivity index (χ1n) is 8.47. The van der Waals surface area contributed by atoms with Gasteiger partial charge in [0.05, 0.1) is 13.0 Å². The Kier molecular flexibility index (Phi) is 7.96. The molecule has 2 amide bonds. The van der Waals surface area contributed by atoms with E-state index in [0.717, 1.165) is 5.56 Å². The number of nitrogens with one attached hydrogen (secondary N) is 1. The number of nitrogens with zero attached hydrogens (tertiary/aromatic N) is 1. The molecule has 0 atom stereocenters. The molecule has 26 heavy (non-hydrogen) atoms. The predicted octanol–water partition coefficient (Wildman–Crippen LogP) is 2.93. The van der Waals surface area contributed by atoms with Crippen molar-refractivity contribution < 1.29 is 14.3 Å². The normalized spacial score (nSPS) is 10.2. The summed E-state index contributed by atoms with van der Waals surface area (Å²) in [6, 6.07) is 16.6. The zero-order valence-corrected chi connectivity index (χ0v) is 15.5. The van der Waals surface area contributed by atoms with E-state index in [1.807, 2.05) is 30.3 Å². The summed E-state index contributed by atoms with van der Waals surface area (Å²) in [6.45, 7) is 1.19. The minimum absolute atomic E-state index is 0.0373. The summed E-state index contributed by atoms with van der Waals surface area (Å²) >= 11 is 5.82. The molecular weight excluding hydrogens is 352 g/mol. The third-order valence-electron chi connectivity index (χ3n) is 3.80. The molecule has 0 heterocycles. The number of amides is 2. The van der Waals surface area contributed by atoms with Gasteiger partial charge in [-0.1, -0.05) is 41.9 Å². The van der Waals surface area contributed by atoms with Gasteiger partial charge < -0.3 is 15.0 Å². The first-order valence-corrected chi connectivity index (χ1v) is 8.85. The third kappa shape index (κ3) is 7.15. The van der Waals surface area contributed by atoms with Gasteiger partial charge in [0.25, 0.3) is 0 Å². The zero-order chi connectivity index (χ0) is 18.8. The van der Waals surface area contributed by atoms with Crippen LogP contribution in [0.15, 0.2) is 54.6 Å². The molecule has 0 unspecified atom stereocenters. The van der Waals surface area contributed by atoms with E-state index in [9.17, 15) is 9.59 Å². The lowest BCUT2D eigenvalue weighted by Gasteiger charge is -2.17. The van der Waals surface area contributed by atoms with Crippen molar-refractivity contribution in [3.63, 3.8) is 0 Å². The lowest BCUT2D eigenvalue weighted by Crippen LogP contribution is -2.34. The van der Waals surface area contributed by atoms with E-state index < -0.39 is 0 Å². The van der Waals surface area contributed by atoms with Crippen LogP contribution >= 0.6 is 11.6 Å². The van der Waals surface area contributed by atoms with Crippen LogP contribution in [0.25, 0.3) is 0 Å². The molecule has 0 radical (unpaired) electrons. The fourth-order valence-electron chi connectivity index (χ4n) is 2.30. The number of ether oxygens (including phenoxy) is 1. The fourth-order valence-corrected chi connectivity index (χ4v) is 2.43. The SMILES string of the molecule is CN(CCOc1ccc(Cl)cc1)C(=O)CCNC(=O)Cc1ccccc1. The number of carbonyl (C=O) groups excluding carboxylic acids is 2. The van der Waals surface area contributed by atoms with E-state index in [4.69, 9.17) is 16.3 Å². The Morgan fingerprint density at radius 3 is 2.46 bits per heavy atom. The maximum absolute atomic E-state index is 12.1. The molecule has 0 aromatic heterocycles. The Balaban J connectivity index is 1.60. The van der Waals surface area contributed by atoms with Crippen molar-refractivity contribution in [2.75, 3.05) is 26.7 Å². The molecule has 0 aliphatic rings. The smallest absolute Gasteiger partial charge is 0.224 e. The molecule has 138 valence electrons. The van der Waals surface area contributed by atoms with E-state index in [1.54, 1.807) is 36.2 Å². The maximum Gasteiger partial charge on any atom is 0.224 e. The Morgan fingerprint density at radius 1 is 1.08 bits per heavy atom. The minimum Gasteiger partial charge on any atom is -0.492 e. The highest BCUT2D eigenvalue weighted by Gasteiger charge is 2.10. The van der Waals surface area contributed by atoms with Crippen LogP contribution in [0.1, 0.15) is 12.0 Å². The van der Waals surface area contributed by atoms with Crippen LogP contribution in [0.2, 0.25) is 5.02 Å². The quantitative estimate of drug-likeness (QED) is 0.734. The molecule has 0 aliphatic carbocycles. The Labute approximate surface area is 158 Å². The number of benzene rings is 2. The Hall–Kier alpha value is -2.53. The number of halogens is 1. The lowest BCUT2D eigenvalue weighted by atomic mass is 10.1. The van der Waals surface area contributed by atoms with Crippen LogP contribution in [-0.2, 0) is 16.0 Å². The highest BCUT2D eigenvalue weighted by molar-refractivity contribution is 6.30. The van der Waals surface area contributed by atoms with Crippen molar-refractivity contribution in [2.45, 2.75) is 12.8 Å². The molecule has 5 nitrogen and oxygen atoms in total. The van der Waals surface area contributed by atoms with Gasteiger partial charge >= 0.3 is 0 Å². The number of hydrogen-bond donors (Lipinski definition) is 1. The fraction of sp³-hybridized carbons (Fsp3) is 0.300. The number of hydrogen-bond acceptors (Lipinski definition) is 3. The van der Waals surface area contributed by atoms with Crippen LogP contribution < -0.4 is 10.1 Å². The highest BCUT2D eigenvalue weighted by atomic mass is 35.5. The number of likely N-dealkylation sites (N-methyl/N-ethyl adjacent to an activating group) is 1. The van der Waals surface area contributed by atoms with Crippen LogP contribution in [-0.4, -0.2) is 43.5 Å². The Morgan fingerprint density at radius 2 is 1.77 bits per heavy atom. The van der Waals surface area contributed by atoms with E-state index in [-0.39, 0.29) is 18.2 Å². The van der Waals surface area contributed by atoms with E-state index in [1.165, 1.54) is 0 Å². The average Bonchev–Trinajstić information content (AvgIpc) is 2.64. The van der Waals surface area contributed by atoms with Gasteiger partial charge in [0.2, 0.25) is 11.8 Å². The summed E-state index contributed by atoms with van der Waals surface area (Å²) in [5.41, 5.74) is 0.952. The van der Waals surface area contributed by atoms with Crippen molar-refractivity contribution in [1.82, 2.24) is 10.2 Å². The van der Waals surface area contributed by atoms with Gasteiger partial charge in [0, 0.05) is 25.0 Å². The zero-order valence-electron chi connectivity index (χ0n) is 14.8. The molecule has 0 saturated carbocycles. The van der Waals surface area contributed by atoms with Crippen LogP contribution in [0.5, 0.6) is 5.75 Å². The van der Waals surface area contributed by atoms with Crippen molar-refractivity contribution >= 4 is 23.4 Å². The molecule has 0 bridgehead atoms. The van der Waals surface area contributed by atoms with Gasteiger partial charge in [-0.05, 0) is 29.8 Å². The van der Waals surface area contributed by atoms with Crippen molar-refractivity contribution in [2.24, 2.45) is 0 Å². The molecule has 1 N–H and O–H groups in total. The van der Waals surface area contributed by atoms with Crippen molar-refractivity contribution in [1.29, 1.82) is 0 Å². The molecule has 2 rings (SSSR count). The van der Waals surface area contributed by atoms with Gasteiger partial charge in [0.1, 0.15) is 12.4 Å². The summed E-state index contributed by atoms with van der Waals surface area (Å²) in [6.07, 6.45) is 0.581. The van der Waals surface area contributed by atoms with Gasteiger partial charge in [-0.3, -0.25) is 9.59 Å². The average molecular weight is 375 g/mol. The second kappa shape index (κ2) is 10.5. The summed E-state index contributed by atoms with van der Waals surface area (Å²) < 4.78 is 5.57. The summed E-state index contributed by atoms with van der Waals surface area (Å²) in [5.74, 6) is 0.589. The topological polar surface area (TPSA) is 58.6 Å². The summed E-state index contributed by atoms with van der Waals surface area (Å²) in [7, 11) is 1.72. The largest absolute Gasteiger partial charge is 0.492 e. The van der Waals surface area contributed by atoms with Crippen molar-refractivity contribution in [3.05, 3.63) is 65.2 Å². The second-order valence-electron chi connectivity index (χ2n) is 5.88. The van der Waals surface area contributed by atoms with E-state index >= 15 is 0 Å². The van der Waals surface area contributed by atoms with Gasteiger partial charge in [-0.25, -0.2) is 0 Å². The third-order valence-corrected chi connectivity index (χ3v) is 4.06. The van der Waals surface area contributed by atoms with Crippen LogP contribution in [0, 0.1) is 0 Å². The standard InChI is InChI=1S/C20H23ClN2O3/c1-23(13-14-26-18-9-7-17(21)8-10-18)20(25)11-12-22-19(24)15-16-5-3-2-4-6-16/h2-10H,11-15H2,1H3,(H,22,24). The molecule has 6 heteroatoms. The Bertz CT molecular complexity index is 705. The van der Waals surface area contributed by atoms with E-state index in [2.05, 4.69) is 5.32 Å². The summed E-state index contributed by atoms with van der Waals surface area (Å²) in [5, 5.41) is 3.43. The molecular formula is C20H23ClN2O3. The number of carbonyl (C=O) groups is 2. The second-order valence-corrected chi connectivity index (χ2v) is 6.32. The van der Waals surface area contributed by atoms with Gasteiger partial charge in [-0.2, -0.15) is 0 Å². The summed E-state index contributed by atoms with van der Waals surface area (Å²) in [4.78, 5) is 25.5. The molecule has 2 aromatic rings. The first-order chi connectivity index (χ1) is 12.5. The molecule has 0 spiro atoms. The van der Waals surface area contributed by atoms with Crippen LogP contribution in [0.4, 0.5) is 0 Å². The number of rotatable bonds is 9. The molecule has 2 aromatic carbocycles. The van der Waals surface area contributed by atoms with Crippen LogP contribution in [0.3, 0.4) is 0 Å². The molecule has 0 saturated heterocycles. The van der Waals surface area contributed by atoms with Gasteiger partial charge in [-0.15, -0.1) is 0 Å². The molecule has 0 fully saturated rings. The first kappa shape index (κ1) is 19.8. The van der Waals surface area contributed by atoms with E-state index in [0.29, 0.717) is 36.9 Å². The molecule has 0 aliphatic heterocycles. The lowest BCUT2D eigenvalue weighted by molar-refractivity contribution is -0.130. The van der Waals surface area contributed by atoms with Crippen molar-refractivity contribution in [3.8, 4) is 5.75 Å². The minimum atomic E-state index is -0.0854. The maximum atomic E-state index is 12.1. The monoisotopic (exact) mass is 374 g/mol.